The summed E-state index contributed by atoms with van der Waals surface area (Å²) in [6.45, 7) is 5.64. The lowest BCUT2D eigenvalue weighted by molar-refractivity contribution is 0.102. The van der Waals surface area contributed by atoms with Crippen LogP contribution >= 0.6 is 0 Å². The Hall–Kier alpha value is -3.41. The number of hydrogen-bond acceptors (Lipinski definition) is 5. The molecule has 0 radical (unpaired) electrons. The van der Waals surface area contributed by atoms with Crippen LogP contribution in [-0.4, -0.2) is 21.0 Å². The molecule has 3 aromatic rings. The highest BCUT2D eigenvalue weighted by atomic mass is 16.3. The van der Waals surface area contributed by atoms with Crippen LogP contribution < -0.4 is 10.6 Å². The molecule has 0 spiro atoms. The fourth-order valence-electron chi connectivity index (χ4n) is 2.63. The highest BCUT2D eigenvalue weighted by molar-refractivity contribution is 6.05. The van der Waals surface area contributed by atoms with Crippen LogP contribution in [0.4, 0.5) is 17.3 Å². The Morgan fingerprint density at radius 1 is 0.962 bits per heavy atom. The lowest BCUT2D eigenvalue weighted by atomic mass is 10.1. The molecule has 0 bridgehead atoms. The molecule has 0 saturated heterocycles. The van der Waals surface area contributed by atoms with Gasteiger partial charge in [-0.25, -0.2) is 9.97 Å². The van der Waals surface area contributed by atoms with Crippen LogP contribution in [0, 0.1) is 20.8 Å². The van der Waals surface area contributed by atoms with Crippen molar-refractivity contribution in [1.82, 2.24) is 9.97 Å². The Morgan fingerprint density at radius 2 is 1.69 bits per heavy atom. The molecule has 1 heterocycles. The Kier molecular flexibility index (Phi) is 4.84. The first kappa shape index (κ1) is 17.4. The first-order valence-corrected chi connectivity index (χ1v) is 8.21. The van der Waals surface area contributed by atoms with Crippen molar-refractivity contribution in [3.63, 3.8) is 0 Å². The standard InChI is InChI=1S/C20H20N4O2/c1-12-9-17(25)7-8-18(12)24-19(26)15-5-4-6-16(11-15)23-20-21-13(2)10-14(3)22-20/h4-11,25H,1-3H3,(H,24,26)(H,21,22,23). The van der Waals surface area contributed by atoms with Crippen molar-refractivity contribution >= 4 is 23.2 Å². The Morgan fingerprint density at radius 3 is 2.38 bits per heavy atom. The largest absolute Gasteiger partial charge is 0.508 e. The van der Waals surface area contributed by atoms with Crippen LogP contribution in [0.25, 0.3) is 0 Å². The number of anilines is 3. The fraction of sp³-hybridized carbons (Fsp3) is 0.150. The fourth-order valence-corrected chi connectivity index (χ4v) is 2.63. The molecule has 26 heavy (non-hydrogen) atoms. The number of carbonyl (C=O) groups excluding carboxylic acids is 1. The van der Waals surface area contributed by atoms with Gasteiger partial charge in [0.05, 0.1) is 0 Å². The number of nitrogens with zero attached hydrogens (tertiary/aromatic N) is 2. The zero-order valence-electron chi connectivity index (χ0n) is 14.9. The minimum atomic E-state index is -0.233. The zero-order chi connectivity index (χ0) is 18.7. The van der Waals surface area contributed by atoms with E-state index in [9.17, 15) is 9.90 Å². The third-order valence-corrected chi connectivity index (χ3v) is 3.82. The smallest absolute Gasteiger partial charge is 0.255 e. The number of hydrogen-bond donors (Lipinski definition) is 3. The summed E-state index contributed by atoms with van der Waals surface area (Å²) >= 11 is 0. The molecule has 6 nitrogen and oxygen atoms in total. The van der Waals surface area contributed by atoms with Crippen molar-refractivity contribution in [2.75, 3.05) is 10.6 Å². The van der Waals surface area contributed by atoms with Crippen LogP contribution in [0.1, 0.15) is 27.3 Å². The van der Waals surface area contributed by atoms with Gasteiger partial charge in [0, 0.05) is 28.3 Å². The van der Waals surface area contributed by atoms with Crippen molar-refractivity contribution in [2.24, 2.45) is 0 Å². The third kappa shape index (κ3) is 4.16. The van der Waals surface area contributed by atoms with Gasteiger partial charge in [-0.1, -0.05) is 6.07 Å². The van der Waals surface area contributed by atoms with E-state index in [-0.39, 0.29) is 11.7 Å². The first-order valence-electron chi connectivity index (χ1n) is 8.21. The van der Waals surface area contributed by atoms with E-state index in [4.69, 9.17) is 0 Å². The van der Waals surface area contributed by atoms with Crippen LogP contribution in [0.15, 0.2) is 48.5 Å². The minimum absolute atomic E-state index is 0.167. The number of nitrogens with one attached hydrogen (secondary N) is 2. The van der Waals surface area contributed by atoms with Crippen LogP contribution in [-0.2, 0) is 0 Å². The van der Waals surface area contributed by atoms with Crippen LogP contribution in [0.3, 0.4) is 0 Å². The summed E-state index contributed by atoms with van der Waals surface area (Å²) in [5.74, 6) is 0.429. The third-order valence-electron chi connectivity index (χ3n) is 3.82. The molecule has 0 unspecified atom stereocenters. The van der Waals surface area contributed by atoms with Gasteiger partial charge in [0.1, 0.15) is 5.75 Å². The lowest BCUT2D eigenvalue weighted by Crippen LogP contribution is -2.13. The SMILES string of the molecule is Cc1cc(C)nc(Nc2cccc(C(=O)Nc3ccc(O)cc3C)c2)n1. The Bertz CT molecular complexity index is 950. The molecule has 0 saturated carbocycles. The molecule has 0 aliphatic carbocycles. The molecule has 0 fully saturated rings. The van der Waals surface area contributed by atoms with E-state index in [0.717, 1.165) is 22.6 Å². The number of amides is 1. The molecule has 0 aliphatic heterocycles. The quantitative estimate of drug-likeness (QED) is 0.618. The van der Waals surface area contributed by atoms with Crippen molar-refractivity contribution in [1.29, 1.82) is 0 Å². The van der Waals surface area contributed by atoms with Gasteiger partial charge in [-0.2, -0.15) is 0 Å². The van der Waals surface area contributed by atoms with Gasteiger partial charge in [0.2, 0.25) is 5.95 Å². The van der Waals surface area contributed by atoms with E-state index in [2.05, 4.69) is 20.6 Å². The van der Waals surface area contributed by atoms with E-state index in [1.54, 1.807) is 30.3 Å². The van der Waals surface area contributed by atoms with Crippen molar-refractivity contribution in [3.8, 4) is 5.75 Å². The number of aromatic nitrogens is 2. The molecule has 2 aromatic carbocycles. The summed E-state index contributed by atoms with van der Waals surface area (Å²) in [6, 6.07) is 13.8. The van der Waals surface area contributed by atoms with Crippen molar-refractivity contribution in [3.05, 3.63) is 71.0 Å². The van der Waals surface area contributed by atoms with Gasteiger partial charge in [-0.3, -0.25) is 4.79 Å². The zero-order valence-corrected chi connectivity index (χ0v) is 14.9. The predicted octanol–water partition coefficient (Wildman–Crippen LogP) is 4.10. The molecule has 1 amide bonds. The molecular formula is C20H20N4O2. The average molecular weight is 348 g/mol. The number of rotatable bonds is 4. The summed E-state index contributed by atoms with van der Waals surface area (Å²) in [6.07, 6.45) is 0. The van der Waals surface area contributed by atoms with E-state index < -0.39 is 0 Å². The predicted molar refractivity (Wildman–Crippen MR) is 102 cm³/mol. The molecule has 0 atom stereocenters. The van der Waals surface area contributed by atoms with Crippen molar-refractivity contribution < 1.29 is 9.90 Å². The van der Waals surface area contributed by atoms with Gasteiger partial charge < -0.3 is 15.7 Å². The van der Waals surface area contributed by atoms with Gasteiger partial charge in [-0.15, -0.1) is 0 Å². The van der Waals surface area contributed by atoms with E-state index in [1.807, 2.05) is 32.9 Å². The summed E-state index contributed by atoms with van der Waals surface area (Å²) in [7, 11) is 0. The number of aryl methyl sites for hydroxylation is 3. The highest BCUT2D eigenvalue weighted by Crippen LogP contribution is 2.22. The number of aromatic hydroxyl groups is 1. The number of benzene rings is 2. The van der Waals surface area contributed by atoms with E-state index >= 15 is 0 Å². The highest BCUT2D eigenvalue weighted by Gasteiger charge is 2.09. The second-order valence-corrected chi connectivity index (χ2v) is 6.13. The molecule has 3 rings (SSSR count). The Balaban J connectivity index is 1.78. The van der Waals surface area contributed by atoms with Crippen LogP contribution in [0.5, 0.6) is 5.75 Å². The van der Waals surface area contributed by atoms with E-state index in [1.165, 1.54) is 6.07 Å². The van der Waals surface area contributed by atoms with Crippen molar-refractivity contribution in [2.45, 2.75) is 20.8 Å². The molecule has 132 valence electrons. The normalized spacial score (nSPS) is 10.4. The maximum Gasteiger partial charge on any atom is 0.255 e. The maximum absolute atomic E-state index is 12.5. The summed E-state index contributed by atoms with van der Waals surface area (Å²) in [4.78, 5) is 21.2. The topological polar surface area (TPSA) is 87.1 Å². The number of phenolic OH excluding ortho intramolecular Hbond substituents is 1. The molecule has 0 aliphatic rings. The summed E-state index contributed by atoms with van der Waals surface area (Å²) < 4.78 is 0. The van der Waals surface area contributed by atoms with Gasteiger partial charge in [0.15, 0.2) is 0 Å². The summed E-state index contributed by atoms with van der Waals surface area (Å²) in [5.41, 5.74) is 4.42. The second-order valence-electron chi connectivity index (χ2n) is 6.13. The number of carbonyl (C=O) groups is 1. The van der Waals surface area contributed by atoms with Gasteiger partial charge in [-0.05, 0) is 68.8 Å². The minimum Gasteiger partial charge on any atom is -0.508 e. The van der Waals surface area contributed by atoms with Crippen LogP contribution in [0.2, 0.25) is 0 Å². The van der Waals surface area contributed by atoms with Gasteiger partial charge >= 0.3 is 0 Å². The molecule has 6 heteroatoms. The van der Waals surface area contributed by atoms with Gasteiger partial charge in [0.25, 0.3) is 5.91 Å². The summed E-state index contributed by atoms with van der Waals surface area (Å²) in [5, 5.41) is 15.5. The second kappa shape index (κ2) is 7.23. The molecule has 1 aromatic heterocycles. The molecular weight excluding hydrogens is 328 g/mol. The lowest BCUT2D eigenvalue weighted by Gasteiger charge is -2.11. The number of phenols is 1. The molecule has 3 N–H and O–H groups in total. The monoisotopic (exact) mass is 348 g/mol. The maximum atomic E-state index is 12.5. The average Bonchev–Trinajstić information content (AvgIpc) is 2.56. The first-order chi connectivity index (χ1) is 12.4. The van der Waals surface area contributed by atoms with E-state index in [0.29, 0.717) is 17.2 Å². The Labute approximate surface area is 152 Å².